The summed E-state index contributed by atoms with van der Waals surface area (Å²) in [6.07, 6.45) is 1.45. The van der Waals surface area contributed by atoms with Crippen molar-refractivity contribution in [2.45, 2.75) is 38.6 Å². The molecule has 0 aliphatic rings. The third-order valence-corrected chi connectivity index (χ3v) is 7.76. The second-order valence-electron chi connectivity index (χ2n) is 8.08. The van der Waals surface area contributed by atoms with Gasteiger partial charge < -0.3 is 10.1 Å². The molecule has 0 aliphatic heterocycles. The van der Waals surface area contributed by atoms with Crippen LogP contribution in [0.5, 0.6) is 5.75 Å². The Morgan fingerprint density at radius 2 is 2.03 bits per heavy atom. The Bertz CT molecular complexity index is 1370. The fraction of sp³-hybridized carbons (Fsp3) is 0.231. The second-order valence-corrected chi connectivity index (χ2v) is 10.8. The summed E-state index contributed by atoms with van der Waals surface area (Å²) in [6.45, 7) is 10.4. The maximum Gasteiger partial charge on any atom is 0.236 e. The van der Waals surface area contributed by atoms with Crippen LogP contribution in [-0.2, 0) is 11.3 Å². The van der Waals surface area contributed by atoms with Gasteiger partial charge in [-0.05, 0) is 50.1 Å². The van der Waals surface area contributed by atoms with Crippen molar-refractivity contribution in [3.63, 3.8) is 0 Å². The van der Waals surface area contributed by atoms with E-state index in [2.05, 4.69) is 56.0 Å². The highest BCUT2D eigenvalue weighted by molar-refractivity contribution is 9.10. The van der Waals surface area contributed by atoms with Crippen LogP contribution in [0, 0.1) is 13.8 Å². The Kier molecular flexibility index (Phi) is 8.60. The molecule has 0 spiro atoms. The van der Waals surface area contributed by atoms with Crippen molar-refractivity contribution in [1.82, 2.24) is 19.7 Å². The zero-order valence-electron chi connectivity index (χ0n) is 20.2. The predicted molar refractivity (Wildman–Crippen MR) is 150 cm³/mol. The molecule has 1 N–H and O–H groups in total. The maximum atomic E-state index is 12.6. The summed E-state index contributed by atoms with van der Waals surface area (Å²) < 4.78 is 9.14. The molecule has 0 saturated carbocycles. The summed E-state index contributed by atoms with van der Waals surface area (Å²) in [7, 11) is 0. The summed E-state index contributed by atoms with van der Waals surface area (Å²) in [5, 5.41) is 14.7. The summed E-state index contributed by atoms with van der Waals surface area (Å²) in [5.41, 5.74) is 4.07. The molecule has 4 aromatic rings. The van der Waals surface area contributed by atoms with E-state index in [0.717, 1.165) is 27.0 Å². The Balaban J connectivity index is 1.40. The van der Waals surface area contributed by atoms with E-state index in [9.17, 15) is 4.79 Å². The molecule has 0 radical (unpaired) electrons. The van der Waals surface area contributed by atoms with Crippen LogP contribution in [0.15, 0.2) is 70.1 Å². The highest BCUT2D eigenvalue weighted by Gasteiger charge is 2.21. The minimum Gasteiger partial charge on any atom is -0.482 e. The highest BCUT2D eigenvalue weighted by atomic mass is 79.9. The molecule has 1 unspecified atom stereocenters. The fourth-order valence-corrected chi connectivity index (χ4v) is 5.23. The zero-order valence-corrected chi connectivity index (χ0v) is 23.4. The average Bonchev–Trinajstić information content (AvgIpc) is 3.48. The average molecular weight is 585 g/mol. The van der Waals surface area contributed by atoms with E-state index in [1.54, 1.807) is 6.08 Å². The lowest BCUT2D eigenvalue weighted by molar-refractivity contribution is -0.113. The molecule has 0 saturated heterocycles. The monoisotopic (exact) mass is 583 g/mol. The molecule has 0 bridgehead atoms. The van der Waals surface area contributed by atoms with Gasteiger partial charge in [0.25, 0.3) is 0 Å². The number of anilines is 1. The molecule has 7 nitrogen and oxygen atoms in total. The number of carbonyl (C=O) groups excluding carboxylic acids is 1. The number of aryl methyl sites for hydroxylation is 1. The van der Waals surface area contributed by atoms with Crippen molar-refractivity contribution in [2.75, 3.05) is 11.1 Å². The number of thioether (sulfide) groups is 1. The SMILES string of the molecule is C=CCn1c(SCC(=O)Nc2nc(-c3ccc(Br)cc3)cs2)nnc1C(C)Oc1cccc(C)c1C. The van der Waals surface area contributed by atoms with E-state index < -0.39 is 0 Å². The minimum atomic E-state index is -0.325. The number of halogens is 1. The van der Waals surface area contributed by atoms with Crippen LogP contribution >= 0.6 is 39.0 Å². The Morgan fingerprint density at radius 1 is 1.25 bits per heavy atom. The first-order chi connectivity index (χ1) is 17.4. The van der Waals surface area contributed by atoms with Crippen molar-refractivity contribution in [3.8, 4) is 17.0 Å². The molecular formula is C26H26BrN5O2S2. The molecule has 10 heteroatoms. The summed E-state index contributed by atoms with van der Waals surface area (Å²) >= 11 is 6.14. The van der Waals surface area contributed by atoms with Gasteiger partial charge in [0.05, 0.1) is 11.4 Å². The maximum absolute atomic E-state index is 12.6. The molecule has 2 aromatic heterocycles. The molecule has 0 fully saturated rings. The van der Waals surface area contributed by atoms with Crippen LogP contribution < -0.4 is 10.1 Å². The van der Waals surface area contributed by atoms with Crippen LogP contribution in [-0.4, -0.2) is 31.4 Å². The highest BCUT2D eigenvalue weighted by Crippen LogP contribution is 2.29. The van der Waals surface area contributed by atoms with Crippen molar-refractivity contribution in [1.29, 1.82) is 0 Å². The smallest absolute Gasteiger partial charge is 0.236 e. The van der Waals surface area contributed by atoms with E-state index >= 15 is 0 Å². The number of allylic oxidation sites excluding steroid dienone is 1. The standard InChI is InChI=1S/C26H26BrN5O2S2/c1-5-13-32-24(18(4)34-22-8-6-7-16(2)17(22)3)30-31-26(32)36-15-23(33)29-25-28-21(14-35-25)19-9-11-20(27)12-10-19/h5-12,14,18H,1,13,15H2,2-4H3,(H,28,29,33). The topological polar surface area (TPSA) is 81.9 Å². The van der Waals surface area contributed by atoms with Crippen molar-refractivity contribution < 1.29 is 9.53 Å². The lowest BCUT2D eigenvalue weighted by atomic mass is 10.1. The molecule has 0 aliphatic carbocycles. The van der Waals surface area contributed by atoms with Crippen LogP contribution in [0.1, 0.15) is 30.0 Å². The van der Waals surface area contributed by atoms with Crippen LogP contribution in [0.4, 0.5) is 5.13 Å². The van der Waals surface area contributed by atoms with Gasteiger partial charge in [-0.2, -0.15) is 0 Å². The Hall–Kier alpha value is -2.95. The first-order valence-electron chi connectivity index (χ1n) is 11.3. The normalized spacial score (nSPS) is 11.8. The number of nitrogens with one attached hydrogen (secondary N) is 1. The molecular weight excluding hydrogens is 558 g/mol. The Labute approximate surface area is 227 Å². The van der Waals surface area contributed by atoms with Crippen LogP contribution in [0.3, 0.4) is 0 Å². The van der Waals surface area contributed by atoms with Gasteiger partial charge in [-0.15, -0.1) is 28.1 Å². The lowest BCUT2D eigenvalue weighted by Crippen LogP contribution is -2.15. The van der Waals surface area contributed by atoms with Crippen molar-refractivity contribution in [3.05, 3.63) is 81.9 Å². The van der Waals surface area contributed by atoms with Crippen molar-refractivity contribution >= 4 is 50.1 Å². The minimum absolute atomic E-state index is 0.161. The number of thiazole rings is 1. The number of rotatable bonds is 10. The number of amides is 1. The van der Waals surface area contributed by atoms with E-state index in [4.69, 9.17) is 4.74 Å². The largest absolute Gasteiger partial charge is 0.482 e. The van der Waals surface area contributed by atoms with E-state index in [-0.39, 0.29) is 17.8 Å². The molecule has 4 rings (SSSR count). The molecule has 1 amide bonds. The number of carbonyl (C=O) groups is 1. The summed E-state index contributed by atoms with van der Waals surface area (Å²) in [5.74, 6) is 1.51. The molecule has 36 heavy (non-hydrogen) atoms. The van der Waals surface area contributed by atoms with E-state index in [0.29, 0.717) is 22.7 Å². The molecule has 1 atom stereocenters. The number of hydrogen-bond donors (Lipinski definition) is 1. The Morgan fingerprint density at radius 3 is 2.78 bits per heavy atom. The predicted octanol–water partition coefficient (Wildman–Crippen LogP) is 6.84. The number of benzene rings is 2. The van der Waals surface area contributed by atoms with E-state index in [1.807, 2.05) is 60.2 Å². The van der Waals surface area contributed by atoms with Crippen molar-refractivity contribution in [2.24, 2.45) is 0 Å². The van der Waals surface area contributed by atoms with Crippen LogP contribution in [0.25, 0.3) is 11.3 Å². The van der Waals surface area contributed by atoms with Gasteiger partial charge in [0.1, 0.15) is 5.75 Å². The zero-order chi connectivity index (χ0) is 25.7. The van der Waals surface area contributed by atoms with Crippen LogP contribution in [0.2, 0.25) is 0 Å². The van der Waals surface area contributed by atoms with Gasteiger partial charge in [-0.1, -0.05) is 58.0 Å². The van der Waals surface area contributed by atoms with Gasteiger partial charge in [0.15, 0.2) is 22.2 Å². The molecule has 2 aromatic carbocycles. The number of ether oxygens (including phenoxy) is 1. The summed E-state index contributed by atoms with van der Waals surface area (Å²) in [6, 6.07) is 13.9. The quantitative estimate of drug-likeness (QED) is 0.162. The van der Waals surface area contributed by atoms with Gasteiger partial charge >= 0.3 is 0 Å². The third kappa shape index (κ3) is 6.24. The number of hydrogen-bond acceptors (Lipinski definition) is 7. The molecule has 2 heterocycles. The second kappa shape index (κ2) is 11.9. The van der Waals surface area contributed by atoms with Gasteiger partial charge in [0, 0.05) is 22.0 Å². The van der Waals surface area contributed by atoms with Gasteiger partial charge in [-0.3, -0.25) is 9.36 Å². The molecule has 186 valence electrons. The van der Waals surface area contributed by atoms with Gasteiger partial charge in [0.2, 0.25) is 5.91 Å². The number of nitrogens with zero attached hydrogens (tertiary/aromatic N) is 4. The fourth-order valence-electron chi connectivity index (χ4n) is 3.47. The first-order valence-corrected chi connectivity index (χ1v) is 13.9. The van der Waals surface area contributed by atoms with Gasteiger partial charge in [-0.25, -0.2) is 4.98 Å². The first kappa shape index (κ1) is 26.1. The lowest BCUT2D eigenvalue weighted by Gasteiger charge is -2.18. The summed E-state index contributed by atoms with van der Waals surface area (Å²) in [4.78, 5) is 17.2. The number of aromatic nitrogens is 4. The third-order valence-electron chi connectivity index (χ3n) is 5.50. The van der Waals surface area contributed by atoms with E-state index in [1.165, 1.54) is 28.7 Å².